The fourth-order valence-electron chi connectivity index (χ4n) is 4.01. The first-order valence-corrected chi connectivity index (χ1v) is 10.6. The number of morpholine rings is 1. The molecule has 0 spiro atoms. The molecule has 1 atom stereocenters. The number of anilines is 2. The van der Waals surface area contributed by atoms with Crippen LogP contribution >= 0.6 is 0 Å². The molecule has 0 aliphatic carbocycles. The van der Waals surface area contributed by atoms with Crippen LogP contribution in [0.3, 0.4) is 0 Å². The van der Waals surface area contributed by atoms with Crippen molar-refractivity contribution in [3.63, 3.8) is 0 Å². The van der Waals surface area contributed by atoms with E-state index in [0.29, 0.717) is 6.61 Å². The fourth-order valence-corrected chi connectivity index (χ4v) is 4.01. The Balaban J connectivity index is 1.32. The fraction of sp³-hybridized carbons (Fsp3) is 0.292. The summed E-state index contributed by atoms with van der Waals surface area (Å²) in [4.78, 5) is 16.3. The Hall–Kier alpha value is -3.29. The van der Waals surface area contributed by atoms with E-state index in [-0.39, 0.29) is 6.10 Å². The van der Waals surface area contributed by atoms with Crippen molar-refractivity contribution < 1.29 is 4.74 Å². The lowest BCUT2D eigenvalue weighted by molar-refractivity contribution is -0.0354. The van der Waals surface area contributed by atoms with Gasteiger partial charge in [0.1, 0.15) is 23.4 Å². The van der Waals surface area contributed by atoms with Crippen molar-refractivity contribution in [1.29, 1.82) is 0 Å². The number of hydrogen-bond acceptors (Lipinski definition) is 6. The number of nitrogens with zero attached hydrogens (tertiary/aromatic N) is 5. The first-order chi connectivity index (χ1) is 15.2. The van der Waals surface area contributed by atoms with Crippen LogP contribution in [0, 0.1) is 13.8 Å². The van der Waals surface area contributed by atoms with Gasteiger partial charge in [0.2, 0.25) is 0 Å². The number of imidazole rings is 1. The highest BCUT2D eigenvalue weighted by Gasteiger charge is 2.25. The van der Waals surface area contributed by atoms with E-state index in [4.69, 9.17) is 14.7 Å². The van der Waals surface area contributed by atoms with E-state index in [0.717, 1.165) is 48.3 Å². The number of pyridine rings is 3. The van der Waals surface area contributed by atoms with Crippen molar-refractivity contribution >= 4 is 17.3 Å². The highest BCUT2D eigenvalue weighted by molar-refractivity contribution is 5.51. The second kappa shape index (κ2) is 8.45. The molecule has 0 aromatic carbocycles. The quantitative estimate of drug-likeness (QED) is 0.531. The number of rotatable bonds is 5. The maximum Gasteiger partial charge on any atom is 0.137 e. The Kier molecular flexibility index (Phi) is 5.36. The summed E-state index contributed by atoms with van der Waals surface area (Å²) >= 11 is 0. The third-order valence-corrected chi connectivity index (χ3v) is 5.63. The van der Waals surface area contributed by atoms with Crippen molar-refractivity contribution in [2.24, 2.45) is 0 Å². The summed E-state index contributed by atoms with van der Waals surface area (Å²) < 4.78 is 8.28. The standard InChI is InChI=1S/C24H26N6O/c1-17-9-11-30-20(18(2)26-24(30)14-17)15-29-12-13-31-21(16-29)19-6-5-8-23(27-19)28-22-7-3-4-10-25-22/h3-11,14,21H,12-13,15-16H2,1-2H3,(H,25,27,28). The molecular formula is C24H26N6O. The number of fused-ring (bicyclic) bond motifs is 1. The summed E-state index contributed by atoms with van der Waals surface area (Å²) in [6, 6.07) is 16.0. The minimum absolute atomic E-state index is 0.0685. The highest BCUT2D eigenvalue weighted by atomic mass is 16.5. The summed E-state index contributed by atoms with van der Waals surface area (Å²) in [6.07, 6.45) is 3.81. The van der Waals surface area contributed by atoms with Gasteiger partial charge in [-0.3, -0.25) is 4.90 Å². The molecule has 0 saturated carbocycles. The van der Waals surface area contributed by atoms with Gasteiger partial charge in [-0.1, -0.05) is 12.1 Å². The molecule has 1 aliphatic heterocycles. The van der Waals surface area contributed by atoms with Crippen LogP contribution in [0.1, 0.15) is 28.7 Å². The molecule has 1 saturated heterocycles. The minimum Gasteiger partial charge on any atom is -0.369 e. The van der Waals surface area contributed by atoms with Gasteiger partial charge in [-0.15, -0.1) is 0 Å². The molecule has 1 fully saturated rings. The Morgan fingerprint density at radius 3 is 2.84 bits per heavy atom. The molecule has 4 aromatic rings. The molecule has 31 heavy (non-hydrogen) atoms. The lowest BCUT2D eigenvalue weighted by Crippen LogP contribution is -2.38. The smallest absolute Gasteiger partial charge is 0.137 e. The van der Waals surface area contributed by atoms with E-state index in [2.05, 4.69) is 51.8 Å². The molecule has 5 heterocycles. The molecule has 4 aromatic heterocycles. The van der Waals surface area contributed by atoms with Gasteiger partial charge in [-0.2, -0.15) is 0 Å². The Bertz CT molecular complexity index is 1190. The number of aryl methyl sites for hydroxylation is 2. The van der Waals surface area contributed by atoms with Crippen molar-refractivity contribution in [3.8, 4) is 0 Å². The van der Waals surface area contributed by atoms with Gasteiger partial charge in [-0.25, -0.2) is 15.0 Å². The molecular weight excluding hydrogens is 388 g/mol. The number of ether oxygens (including phenoxy) is 1. The van der Waals surface area contributed by atoms with E-state index in [1.54, 1.807) is 6.20 Å². The zero-order chi connectivity index (χ0) is 21.2. The van der Waals surface area contributed by atoms with Crippen molar-refractivity contribution in [1.82, 2.24) is 24.3 Å². The van der Waals surface area contributed by atoms with Crippen LogP contribution in [-0.2, 0) is 11.3 Å². The maximum atomic E-state index is 6.08. The van der Waals surface area contributed by atoms with Crippen LogP contribution in [0.2, 0.25) is 0 Å². The van der Waals surface area contributed by atoms with Gasteiger partial charge in [0.25, 0.3) is 0 Å². The van der Waals surface area contributed by atoms with Crippen LogP contribution in [0.4, 0.5) is 11.6 Å². The molecule has 1 N–H and O–H groups in total. The average Bonchev–Trinajstić information content (AvgIpc) is 3.09. The molecule has 7 heteroatoms. The topological polar surface area (TPSA) is 67.6 Å². The van der Waals surface area contributed by atoms with Crippen LogP contribution < -0.4 is 5.32 Å². The molecule has 1 aliphatic rings. The van der Waals surface area contributed by atoms with Gasteiger partial charge in [0.05, 0.1) is 23.7 Å². The summed E-state index contributed by atoms with van der Waals surface area (Å²) in [5, 5.41) is 3.26. The second-order valence-electron chi connectivity index (χ2n) is 7.96. The molecule has 7 nitrogen and oxygen atoms in total. The molecule has 1 unspecified atom stereocenters. The average molecular weight is 415 g/mol. The largest absolute Gasteiger partial charge is 0.369 e. The second-order valence-corrected chi connectivity index (χ2v) is 7.96. The predicted octanol–water partition coefficient (Wildman–Crippen LogP) is 4.06. The molecule has 5 rings (SSSR count). The van der Waals surface area contributed by atoms with E-state index in [9.17, 15) is 0 Å². The molecule has 0 radical (unpaired) electrons. The van der Waals surface area contributed by atoms with Crippen LogP contribution in [0.5, 0.6) is 0 Å². The maximum absolute atomic E-state index is 6.08. The monoisotopic (exact) mass is 414 g/mol. The normalized spacial score (nSPS) is 17.2. The van der Waals surface area contributed by atoms with Gasteiger partial charge in [0.15, 0.2) is 0 Å². The van der Waals surface area contributed by atoms with Crippen LogP contribution in [0.15, 0.2) is 60.9 Å². The summed E-state index contributed by atoms with van der Waals surface area (Å²) in [5.41, 5.74) is 5.46. The summed E-state index contributed by atoms with van der Waals surface area (Å²) in [6.45, 7) is 7.38. The van der Waals surface area contributed by atoms with Crippen LogP contribution in [-0.4, -0.2) is 43.9 Å². The Morgan fingerprint density at radius 1 is 1.06 bits per heavy atom. The first kappa shape index (κ1) is 19.7. The van der Waals surface area contributed by atoms with E-state index >= 15 is 0 Å². The van der Waals surface area contributed by atoms with E-state index in [1.165, 1.54) is 11.3 Å². The van der Waals surface area contributed by atoms with Gasteiger partial charge in [-0.05, 0) is 55.8 Å². The molecule has 0 amide bonds. The van der Waals surface area contributed by atoms with Gasteiger partial charge in [0, 0.05) is 32.0 Å². The Labute approximate surface area is 181 Å². The van der Waals surface area contributed by atoms with Crippen molar-refractivity contribution in [2.45, 2.75) is 26.5 Å². The van der Waals surface area contributed by atoms with Crippen LogP contribution in [0.25, 0.3) is 5.65 Å². The Morgan fingerprint density at radius 2 is 1.97 bits per heavy atom. The third kappa shape index (κ3) is 4.28. The van der Waals surface area contributed by atoms with Gasteiger partial charge < -0.3 is 14.5 Å². The lowest BCUT2D eigenvalue weighted by Gasteiger charge is -2.32. The number of aromatic nitrogens is 4. The predicted molar refractivity (Wildman–Crippen MR) is 120 cm³/mol. The first-order valence-electron chi connectivity index (χ1n) is 10.6. The minimum atomic E-state index is -0.0685. The van der Waals surface area contributed by atoms with Crippen molar-refractivity contribution in [3.05, 3.63) is 83.6 Å². The number of hydrogen-bond donors (Lipinski definition) is 1. The van der Waals surface area contributed by atoms with E-state index < -0.39 is 0 Å². The molecule has 158 valence electrons. The highest BCUT2D eigenvalue weighted by Crippen LogP contribution is 2.25. The third-order valence-electron chi connectivity index (χ3n) is 5.63. The SMILES string of the molecule is Cc1ccn2c(CN3CCOC(c4cccc(Nc5ccccn5)n4)C3)c(C)nc2c1. The summed E-state index contributed by atoms with van der Waals surface area (Å²) in [5.74, 6) is 1.54. The zero-order valence-corrected chi connectivity index (χ0v) is 17.8. The van der Waals surface area contributed by atoms with E-state index in [1.807, 2.05) is 36.4 Å². The molecule has 0 bridgehead atoms. The summed E-state index contributed by atoms with van der Waals surface area (Å²) in [7, 11) is 0. The number of nitrogens with one attached hydrogen (secondary N) is 1. The van der Waals surface area contributed by atoms with Gasteiger partial charge >= 0.3 is 0 Å². The van der Waals surface area contributed by atoms with Crippen molar-refractivity contribution in [2.75, 3.05) is 25.0 Å². The zero-order valence-electron chi connectivity index (χ0n) is 17.8. The lowest BCUT2D eigenvalue weighted by atomic mass is 10.1.